The average molecular weight is 1990 g/mol. The number of nitrogens with one attached hydrogen (secondary N) is 1. The summed E-state index contributed by atoms with van der Waals surface area (Å²) in [4.78, 5) is 79.9. The Morgan fingerprint density at radius 3 is 1.26 bits per heavy atom. The molecule has 38 heteroatoms. The number of rotatable bonds is 20. The topological polar surface area (TPSA) is 517 Å². The molecule has 16 aromatic rings. The van der Waals surface area contributed by atoms with Gasteiger partial charge in [0.1, 0.15) is 66.4 Å². The Bertz CT molecular complexity index is 7620. The first kappa shape index (κ1) is 99.9. The van der Waals surface area contributed by atoms with Crippen LogP contribution in [0, 0.1) is 20.8 Å². The number of nitrogens with two attached hydrogens (primary N) is 8. The molecule has 6 aliphatic heterocycles. The third kappa shape index (κ3) is 22.4. The van der Waals surface area contributed by atoms with Gasteiger partial charge in [0.2, 0.25) is 0 Å². The molecule has 0 bridgehead atoms. The first-order valence-electron chi connectivity index (χ1n) is 49.0. The molecule has 0 saturated carbocycles. The average Bonchev–Trinajstić information content (AvgIpc) is 1.58. The van der Waals surface area contributed by atoms with Gasteiger partial charge in [-0.3, -0.25) is 9.97 Å². The first-order valence-corrected chi connectivity index (χ1v) is 49.0. The highest BCUT2D eigenvalue weighted by atomic mass is 16.6. The predicted molar refractivity (Wildman–Crippen MR) is 569 cm³/mol. The van der Waals surface area contributed by atoms with E-state index in [-0.39, 0.29) is 66.3 Å². The van der Waals surface area contributed by atoms with Crippen molar-refractivity contribution in [1.29, 1.82) is 0 Å². The van der Waals surface area contributed by atoms with E-state index in [2.05, 4.69) is 199 Å². The summed E-state index contributed by atoms with van der Waals surface area (Å²) >= 11 is 0. The predicted octanol–water partition coefficient (Wildman–Crippen LogP) is 14.3. The number of aromatic nitrogens is 16. The van der Waals surface area contributed by atoms with Crippen molar-refractivity contribution >= 4 is 57.4 Å². The van der Waals surface area contributed by atoms with Gasteiger partial charge in [0.25, 0.3) is 29.4 Å². The van der Waals surface area contributed by atoms with Gasteiger partial charge in [-0.2, -0.15) is 0 Å². The van der Waals surface area contributed by atoms with Crippen molar-refractivity contribution in [3.63, 3.8) is 0 Å². The number of aromatic amines is 1. The van der Waals surface area contributed by atoms with Gasteiger partial charge in [-0.1, -0.05) is 0 Å². The van der Waals surface area contributed by atoms with Crippen molar-refractivity contribution in [3.8, 4) is 114 Å². The molecule has 0 spiro atoms. The lowest BCUT2D eigenvalue weighted by molar-refractivity contribution is 0.158. The smallest absolute Gasteiger partial charge is 0.263 e. The van der Waals surface area contributed by atoms with Gasteiger partial charge in [0.05, 0.1) is 98.7 Å². The maximum Gasteiger partial charge on any atom is 0.263 e. The highest BCUT2D eigenvalue weighted by molar-refractivity contribution is 5.93. The number of nitrogen functional groups attached to an aromatic ring is 8. The number of aryl methyl sites for hydroxylation is 3. The standard InChI is InChI=1S/C23H26N6O.C22H23N7O.C22H25N5O3.C22H23N5O2.C21H24N6O2/c1-13-9-14(10-15-12-29(2)8-6-16(13)15)19-11-27-22(25)23(28-19)30-20-4-3-18-17(20)5-7-26-21(18)24;1-12-7-13(8-14-11-29(2)6-4-15(12)14)17-9-27-21(24)22(28-17)30-18-10-26-19-16(18)3-5-25-20(19)23;1-27-7-5-17-16(12-27)8-15(9-19(17)28-2)18-10-25-21(23)22(26-18)30-13-14-4-6-24-11-20(14)29-3;1-13-7-14(8-15-11-27(2)6-4-16(13)15)18-9-25-21(23)22(26-18)29-20-12-28-19-10-24-5-3-17(19)20;1-27-6-4-16-15(11-27)8-14(9-18(16)28-2)17-10-25-20(23)21(26-17)29-12-13-3-5-24-19(22)7-13/h5,7,9-11,20H,3-4,6,8,12H2,1-2H3,(H2,24,26)(H2,25,27);3,5,7-10,26H,4,6,11H2,1-2H3,(H2,23,25)(H2,24,27);4,6,8-11H,5,7,12-13H2,1-3H3,(H2,23,25);3,5,7-10,20H,4,6,11-12H2,1-2H3,(H2,23,25);3,5,7-10H,4,6,11-12H2,1-2H3,(H2,22,24)(H2,23,25). The van der Waals surface area contributed by atoms with Crippen LogP contribution < -0.4 is 88.5 Å². The SMILES string of the molecule is COc1cc(-c2cnc(N)c(OCc3ccnc(N)c3)n2)cc2c1CCN(C)C2.COc1cnccc1COc1nc(-c2cc3c(c(OC)c2)CCN(C)C3)cnc1N.Cc1cc(-c2cnc(N)c(OC3CCc4c3ccnc4N)n2)cc2c1CCN(C)C2.Cc1cc(-c2cnc(N)c(OC3COc4cnccc43)n2)cc2c1CCN(C)C2.Cc1cc(-c2cnc(N)c(Oc3c[nH]c4c(N)nccc34)n2)cc2c1CCN(C)C2. The number of fused-ring (bicyclic) bond motifs is 8. The summed E-state index contributed by atoms with van der Waals surface area (Å²) < 4.78 is 52.3. The minimum Gasteiger partial charge on any atom is -0.496 e. The summed E-state index contributed by atoms with van der Waals surface area (Å²) in [6.07, 6.45) is 28.3. The second-order valence-electron chi connectivity index (χ2n) is 38.1. The second kappa shape index (κ2) is 44.0. The molecule has 5 aromatic carbocycles. The van der Waals surface area contributed by atoms with Gasteiger partial charge in [0, 0.05) is 158 Å². The molecule has 0 amide bonds. The summed E-state index contributed by atoms with van der Waals surface area (Å²) in [5.41, 5.74) is 79.1. The normalized spacial score (nSPS) is 15.5. The number of nitrogens with zero attached hydrogens (tertiary/aromatic N) is 20. The third-order valence-electron chi connectivity index (χ3n) is 27.6. The summed E-state index contributed by atoms with van der Waals surface area (Å²) in [6, 6.07) is 32.5. The maximum atomic E-state index is 6.22. The van der Waals surface area contributed by atoms with Crippen molar-refractivity contribution < 1.29 is 42.6 Å². The minimum atomic E-state index is -0.279. The van der Waals surface area contributed by atoms with E-state index in [9.17, 15) is 0 Å². The molecule has 38 nitrogen and oxygen atoms in total. The van der Waals surface area contributed by atoms with E-state index in [0.29, 0.717) is 70.0 Å². The van der Waals surface area contributed by atoms with E-state index in [4.69, 9.17) is 98.5 Å². The maximum absolute atomic E-state index is 6.22. The number of benzene rings is 5. The lowest BCUT2D eigenvalue weighted by Crippen LogP contribution is -2.27. The third-order valence-corrected chi connectivity index (χ3v) is 27.6. The number of H-pyrrole nitrogens is 1. The lowest BCUT2D eigenvalue weighted by atomic mass is 9.92. The van der Waals surface area contributed by atoms with E-state index in [1.165, 1.54) is 72.3 Å². The van der Waals surface area contributed by atoms with Crippen LogP contribution in [-0.4, -0.2) is 200 Å². The van der Waals surface area contributed by atoms with Crippen molar-refractivity contribution in [2.45, 2.75) is 124 Å². The molecule has 0 fully saturated rings. The Hall–Kier alpha value is -16.8. The minimum absolute atomic E-state index is 0.143. The molecule has 23 rings (SSSR count). The van der Waals surface area contributed by atoms with Crippen LogP contribution in [0.1, 0.15) is 119 Å². The number of hydrogen-bond acceptors (Lipinski definition) is 37. The molecule has 2 unspecified atom stereocenters. The van der Waals surface area contributed by atoms with E-state index >= 15 is 0 Å². The number of likely N-dealkylation sites (N-methyl/N-ethyl adjacent to an activating group) is 5. The number of anilines is 8. The van der Waals surface area contributed by atoms with E-state index in [1.807, 2.05) is 42.5 Å². The van der Waals surface area contributed by atoms with Crippen LogP contribution in [0.3, 0.4) is 0 Å². The zero-order valence-electron chi connectivity index (χ0n) is 84.8. The highest BCUT2D eigenvalue weighted by Crippen LogP contribution is 2.44. The van der Waals surface area contributed by atoms with Crippen LogP contribution >= 0.6 is 0 Å². The van der Waals surface area contributed by atoms with Crippen molar-refractivity contribution in [3.05, 3.63) is 278 Å². The van der Waals surface area contributed by atoms with Crippen molar-refractivity contribution in [1.82, 2.24) is 104 Å². The summed E-state index contributed by atoms with van der Waals surface area (Å²) in [6.45, 7) is 17.3. The van der Waals surface area contributed by atoms with Crippen molar-refractivity contribution in [2.75, 3.05) is 142 Å². The molecule has 17 heterocycles. The Morgan fingerprint density at radius 1 is 0.358 bits per heavy atom. The Balaban J connectivity index is 0.000000116. The van der Waals surface area contributed by atoms with Gasteiger partial charge in [-0.05, 0) is 276 Å². The first-order chi connectivity index (χ1) is 71.7. The summed E-state index contributed by atoms with van der Waals surface area (Å²) in [5.74, 6) is 7.88. The molecule has 2 atom stereocenters. The van der Waals surface area contributed by atoms with E-state index < -0.39 is 0 Å². The van der Waals surface area contributed by atoms with Crippen LogP contribution in [0.25, 0.3) is 67.2 Å². The van der Waals surface area contributed by atoms with Gasteiger partial charge in [-0.15, -0.1) is 0 Å². The number of hydrogen-bond donors (Lipinski definition) is 9. The van der Waals surface area contributed by atoms with Crippen LogP contribution in [0.2, 0.25) is 0 Å². The highest BCUT2D eigenvalue weighted by Gasteiger charge is 2.33. The van der Waals surface area contributed by atoms with Crippen LogP contribution in [0.5, 0.6) is 58.1 Å². The van der Waals surface area contributed by atoms with Gasteiger partial charge in [-0.25, -0.2) is 64.8 Å². The zero-order valence-corrected chi connectivity index (χ0v) is 84.8. The second-order valence-corrected chi connectivity index (χ2v) is 38.1. The molecule has 0 radical (unpaired) electrons. The van der Waals surface area contributed by atoms with Gasteiger partial charge >= 0.3 is 0 Å². The molecule has 17 N–H and O–H groups in total. The Morgan fingerprint density at radius 2 is 0.764 bits per heavy atom. The lowest BCUT2D eigenvalue weighted by Gasteiger charge is -2.27. The van der Waals surface area contributed by atoms with Gasteiger partial charge in [0.15, 0.2) is 40.9 Å². The molecular formula is C110H121N29O9. The van der Waals surface area contributed by atoms with Gasteiger partial charge < -0.3 is 118 Å². The fraction of sp³-hybridized carbons (Fsp3) is 0.300. The fourth-order valence-corrected chi connectivity index (χ4v) is 19.8. The zero-order chi connectivity index (χ0) is 103. The summed E-state index contributed by atoms with van der Waals surface area (Å²) in [7, 11) is 15.7. The molecule has 11 aromatic heterocycles. The molecule has 0 saturated heterocycles. The number of methoxy groups -OCH3 is 3. The van der Waals surface area contributed by atoms with Crippen LogP contribution in [-0.2, 0) is 84.5 Å². The number of ether oxygens (including phenoxy) is 9. The van der Waals surface area contributed by atoms with E-state index in [1.54, 1.807) is 108 Å². The molecule has 148 heavy (non-hydrogen) atoms. The van der Waals surface area contributed by atoms with Crippen LogP contribution in [0.4, 0.5) is 46.5 Å². The monoisotopic (exact) mass is 1990 g/mol. The Labute approximate surface area is 857 Å². The summed E-state index contributed by atoms with van der Waals surface area (Å²) in [5, 5.41) is 0.807. The fourth-order valence-electron chi connectivity index (χ4n) is 19.8. The molecule has 760 valence electrons. The quantitative estimate of drug-likeness (QED) is 0.0342. The van der Waals surface area contributed by atoms with Crippen molar-refractivity contribution in [2.24, 2.45) is 0 Å². The van der Waals surface area contributed by atoms with E-state index in [0.717, 1.165) is 206 Å². The molecule has 1 aliphatic carbocycles. The van der Waals surface area contributed by atoms with Crippen LogP contribution in [0.15, 0.2) is 178 Å². The number of pyridine rings is 5. The molecular weight excluding hydrogens is 1870 g/mol. The largest absolute Gasteiger partial charge is 0.496 e. The Kier molecular flexibility index (Phi) is 29.7. The molecule has 7 aliphatic rings.